The number of amides is 1. The molecule has 0 saturated carbocycles. The smallest absolute Gasteiger partial charge is 0.260 e. The number of anilines is 1. The van der Waals surface area contributed by atoms with Crippen molar-refractivity contribution in [3.63, 3.8) is 0 Å². The zero-order valence-electron chi connectivity index (χ0n) is 11.1. The number of pyridine rings is 1. The molecule has 0 bridgehead atoms. The maximum atomic E-state index is 12.4. The van der Waals surface area contributed by atoms with E-state index in [1.807, 2.05) is 30.3 Å². The van der Waals surface area contributed by atoms with E-state index in [4.69, 9.17) is 4.42 Å². The molecule has 102 valence electrons. The van der Waals surface area contributed by atoms with E-state index in [0.29, 0.717) is 17.9 Å². The second-order valence-electron chi connectivity index (χ2n) is 4.80. The van der Waals surface area contributed by atoms with E-state index in [1.165, 1.54) is 6.39 Å². The molecule has 1 aromatic carbocycles. The van der Waals surface area contributed by atoms with Crippen LogP contribution in [0.15, 0.2) is 59.6 Å². The SMILES string of the molecule is O=C1c2cccnc2CN1c1cccc(-c2cnco2)c1. The lowest BCUT2D eigenvalue weighted by Crippen LogP contribution is -2.22. The van der Waals surface area contributed by atoms with Crippen molar-refractivity contribution in [1.29, 1.82) is 0 Å². The fourth-order valence-electron chi connectivity index (χ4n) is 2.52. The number of nitrogens with zero attached hydrogens (tertiary/aromatic N) is 3. The van der Waals surface area contributed by atoms with Crippen LogP contribution < -0.4 is 4.90 Å². The van der Waals surface area contributed by atoms with E-state index in [9.17, 15) is 4.79 Å². The minimum atomic E-state index is -0.0205. The molecule has 4 rings (SSSR count). The van der Waals surface area contributed by atoms with Gasteiger partial charge < -0.3 is 9.32 Å². The van der Waals surface area contributed by atoms with Gasteiger partial charge in [-0.15, -0.1) is 0 Å². The lowest BCUT2D eigenvalue weighted by atomic mass is 10.1. The van der Waals surface area contributed by atoms with Gasteiger partial charge in [-0.2, -0.15) is 0 Å². The Labute approximate surface area is 120 Å². The van der Waals surface area contributed by atoms with Crippen molar-refractivity contribution >= 4 is 11.6 Å². The van der Waals surface area contributed by atoms with Crippen molar-refractivity contribution in [3.8, 4) is 11.3 Å². The normalized spacial score (nSPS) is 13.5. The topological polar surface area (TPSA) is 59.2 Å². The number of carbonyl (C=O) groups excluding carboxylic acids is 1. The minimum absolute atomic E-state index is 0.0205. The second-order valence-corrected chi connectivity index (χ2v) is 4.80. The maximum Gasteiger partial charge on any atom is 0.260 e. The Hall–Kier alpha value is -2.95. The van der Waals surface area contributed by atoms with Crippen molar-refractivity contribution in [2.24, 2.45) is 0 Å². The molecule has 0 spiro atoms. The molecule has 1 aliphatic heterocycles. The van der Waals surface area contributed by atoms with Gasteiger partial charge in [-0.3, -0.25) is 9.78 Å². The summed E-state index contributed by atoms with van der Waals surface area (Å²) in [6.07, 6.45) is 4.75. The summed E-state index contributed by atoms with van der Waals surface area (Å²) in [6, 6.07) is 11.2. The van der Waals surface area contributed by atoms with Gasteiger partial charge in [0.25, 0.3) is 5.91 Å². The van der Waals surface area contributed by atoms with Gasteiger partial charge in [0.1, 0.15) is 0 Å². The molecule has 5 heteroatoms. The zero-order chi connectivity index (χ0) is 14.2. The molecule has 2 aromatic heterocycles. The molecular formula is C16H11N3O2. The van der Waals surface area contributed by atoms with E-state index in [-0.39, 0.29) is 5.91 Å². The first kappa shape index (κ1) is 11.8. The number of hydrogen-bond donors (Lipinski definition) is 0. The van der Waals surface area contributed by atoms with Crippen LogP contribution in [0.25, 0.3) is 11.3 Å². The van der Waals surface area contributed by atoms with E-state index in [0.717, 1.165) is 16.9 Å². The summed E-state index contributed by atoms with van der Waals surface area (Å²) in [7, 11) is 0. The first-order valence-electron chi connectivity index (χ1n) is 6.57. The van der Waals surface area contributed by atoms with Crippen molar-refractivity contribution in [2.45, 2.75) is 6.54 Å². The van der Waals surface area contributed by atoms with E-state index >= 15 is 0 Å². The number of carbonyl (C=O) groups is 1. The van der Waals surface area contributed by atoms with Gasteiger partial charge in [0, 0.05) is 17.4 Å². The molecule has 3 aromatic rings. The van der Waals surface area contributed by atoms with Crippen LogP contribution in [0, 0.1) is 0 Å². The number of rotatable bonds is 2. The molecule has 5 nitrogen and oxygen atoms in total. The molecular weight excluding hydrogens is 266 g/mol. The lowest BCUT2D eigenvalue weighted by molar-refractivity contribution is 0.0996. The first-order valence-corrected chi connectivity index (χ1v) is 6.57. The second kappa shape index (κ2) is 4.56. The fraction of sp³-hybridized carbons (Fsp3) is 0.0625. The van der Waals surface area contributed by atoms with Crippen LogP contribution in [0.1, 0.15) is 16.1 Å². The predicted octanol–water partition coefficient (Wildman–Crippen LogP) is 2.90. The van der Waals surface area contributed by atoms with Crippen molar-refractivity contribution in [2.75, 3.05) is 4.90 Å². The third kappa shape index (κ3) is 1.90. The van der Waals surface area contributed by atoms with Gasteiger partial charge in [-0.25, -0.2) is 4.98 Å². The fourth-order valence-corrected chi connectivity index (χ4v) is 2.52. The molecule has 0 N–H and O–H groups in total. The van der Waals surface area contributed by atoms with E-state index in [2.05, 4.69) is 9.97 Å². The monoisotopic (exact) mass is 277 g/mol. The van der Waals surface area contributed by atoms with E-state index in [1.54, 1.807) is 23.4 Å². The van der Waals surface area contributed by atoms with Gasteiger partial charge in [-0.05, 0) is 24.3 Å². The third-order valence-electron chi connectivity index (χ3n) is 3.55. The van der Waals surface area contributed by atoms with Crippen molar-refractivity contribution < 1.29 is 9.21 Å². The van der Waals surface area contributed by atoms with Gasteiger partial charge in [0.2, 0.25) is 0 Å². The van der Waals surface area contributed by atoms with Crippen LogP contribution in [-0.2, 0) is 6.54 Å². The Morgan fingerprint density at radius 1 is 1.19 bits per heavy atom. The third-order valence-corrected chi connectivity index (χ3v) is 3.55. The molecule has 0 atom stereocenters. The highest BCUT2D eigenvalue weighted by atomic mass is 16.3. The number of fused-ring (bicyclic) bond motifs is 1. The number of aromatic nitrogens is 2. The molecule has 0 aliphatic carbocycles. The highest BCUT2D eigenvalue weighted by Crippen LogP contribution is 2.30. The average molecular weight is 277 g/mol. The first-order chi connectivity index (χ1) is 10.3. The summed E-state index contributed by atoms with van der Waals surface area (Å²) in [6.45, 7) is 0.495. The van der Waals surface area contributed by atoms with Crippen molar-refractivity contribution in [3.05, 3.63) is 66.4 Å². The van der Waals surface area contributed by atoms with Crippen LogP contribution >= 0.6 is 0 Å². The van der Waals surface area contributed by atoms with Crippen LogP contribution in [0.4, 0.5) is 5.69 Å². The summed E-state index contributed by atoms with van der Waals surface area (Å²) >= 11 is 0. The molecule has 1 aliphatic rings. The number of oxazole rings is 1. The summed E-state index contributed by atoms with van der Waals surface area (Å²) in [5, 5.41) is 0. The summed E-state index contributed by atoms with van der Waals surface area (Å²) < 4.78 is 5.30. The molecule has 21 heavy (non-hydrogen) atoms. The van der Waals surface area contributed by atoms with Gasteiger partial charge in [0.05, 0.1) is 24.0 Å². The minimum Gasteiger partial charge on any atom is -0.444 e. The number of benzene rings is 1. The maximum absolute atomic E-state index is 12.4. The Balaban J connectivity index is 1.73. The Bertz CT molecular complexity index is 812. The van der Waals surface area contributed by atoms with E-state index < -0.39 is 0 Å². The number of hydrogen-bond acceptors (Lipinski definition) is 4. The summed E-state index contributed by atoms with van der Waals surface area (Å²) in [5.41, 5.74) is 3.20. The van der Waals surface area contributed by atoms with Crippen LogP contribution in [0.3, 0.4) is 0 Å². The van der Waals surface area contributed by atoms with Gasteiger partial charge in [-0.1, -0.05) is 12.1 Å². The highest BCUT2D eigenvalue weighted by Gasteiger charge is 2.29. The lowest BCUT2D eigenvalue weighted by Gasteiger charge is -2.16. The largest absolute Gasteiger partial charge is 0.444 e. The molecule has 0 fully saturated rings. The molecule has 3 heterocycles. The molecule has 0 unspecified atom stereocenters. The highest BCUT2D eigenvalue weighted by molar-refractivity contribution is 6.09. The molecule has 0 saturated heterocycles. The summed E-state index contributed by atoms with van der Waals surface area (Å²) in [4.78, 5) is 22.3. The Morgan fingerprint density at radius 3 is 2.95 bits per heavy atom. The standard InChI is InChI=1S/C16H11N3O2/c20-16-13-5-2-6-18-14(13)9-19(16)12-4-1-3-11(7-12)15-8-17-10-21-15/h1-8,10H,9H2. The predicted molar refractivity (Wildman–Crippen MR) is 76.7 cm³/mol. The zero-order valence-corrected chi connectivity index (χ0v) is 11.1. The van der Waals surface area contributed by atoms with Gasteiger partial charge >= 0.3 is 0 Å². The quantitative estimate of drug-likeness (QED) is 0.722. The summed E-state index contributed by atoms with van der Waals surface area (Å²) in [5.74, 6) is 0.659. The molecule has 0 radical (unpaired) electrons. The van der Waals surface area contributed by atoms with Crippen LogP contribution in [0.2, 0.25) is 0 Å². The Morgan fingerprint density at radius 2 is 2.14 bits per heavy atom. The Kier molecular flexibility index (Phi) is 2.57. The molecule has 1 amide bonds. The van der Waals surface area contributed by atoms with Crippen LogP contribution in [0.5, 0.6) is 0 Å². The average Bonchev–Trinajstić information content (AvgIpc) is 3.16. The van der Waals surface area contributed by atoms with Gasteiger partial charge in [0.15, 0.2) is 12.2 Å². The van der Waals surface area contributed by atoms with Crippen LogP contribution in [-0.4, -0.2) is 15.9 Å². The van der Waals surface area contributed by atoms with Crippen molar-refractivity contribution in [1.82, 2.24) is 9.97 Å².